The number of aromatic nitrogens is 1. The summed E-state index contributed by atoms with van der Waals surface area (Å²) in [5.74, 6) is 0. The molecule has 0 unspecified atom stereocenters. The van der Waals surface area contributed by atoms with Crippen molar-refractivity contribution in [2.75, 3.05) is 5.32 Å². The number of nitrogens with zero attached hydrogens (tertiary/aromatic N) is 1. The van der Waals surface area contributed by atoms with E-state index >= 15 is 0 Å². The molecule has 0 amide bonds. The molecule has 0 aliphatic heterocycles. The van der Waals surface area contributed by atoms with Gasteiger partial charge in [0.25, 0.3) is 0 Å². The number of hydrogen-bond acceptors (Lipinski definition) is 3. The second-order valence-corrected chi connectivity index (χ2v) is 6.04. The molecule has 126 valence electrons. The van der Waals surface area contributed by atoms with Gasteiger partial charge < -0.3 is 22.3 Å². The van der Waals surface area contributed by atoms with Gasteiger partial charge in [0.1, 0.15) is 0 Å². The fourth-order valence-corrected chi connectivity index (χ4v) is 2.85. The third kappa shape index (κ3) is 4.49. The normalized spacial score (nSPS) is 11.0. The Morgan fingerprint density at radius 3 is 2.42 bits per heavy atom. The fraction of sp³-hybridized carbons (Fsp3) is 0.0625. The Bertz CT molecular complexity index is 819. The summed E-state index contributed by atoms with van der Waals surface area (Å²) < 4.78 is 38.1. The molecule has 0 bridgehead atoms. The number of thiazole rings is 1. The molecule has 0 aliphatic rings. The molecule has 0 atom stereocenters. The molecule has 0 aliphatic carbocycles. The molecule has 3 aromatic rings. The summed E-state index contributed by atoms with van der Waals surface area (Å²) in [7, 11) is 0. The second-order valence-electron chi connectivity index (χ2n) is 4.75. The van der Waals surface area contributed by atoms with Crippen molar-refractivity contribution in [2.45, 2.75) is 6.18 Å². The van der Waals surface area contributed by atoms with Crippen LogP contribution in [0.2, 0.25) is 5.02 Å². The second kappa shape index (κ2) is 7.55. The molecule has 0 saturated carbocycles. The van der Waals surface area contributed by atoms with Gasteiger partial charge in [0.05, 0.1) is 11.3 Å². The molecular weight excluding hydrogens is 425 g/mol. The fourth-order valence-electron chi connectivity index (χ4n) is 1.98. The summed E-state index contributed by atoms with van der Waals surface area (Å²) in [4.78, 5) is 4.38. The Hall–Kier alpha value is -1.57. The smallest absolute Gasteiger partial charge is 0.416 e. The number of halogens is 5. The van der Waals surface area contributed by atoms with Crippen LogP contribution in [0.3, 0.4) is 0 Å². The lowest BCUT2D eigenvalue weighted by molar-refractivity contribution is -0.137. The Morgan fingerprint density at radius 1 is 1.04 bits per heavy atom. The van der Waals surface area contributed by atoms with Gasteiger partial charge in [-0.1, -0.05) is 29.8 Å². The average molecular weight is 435 g/mol. The SMILES string of the molecule is FC(F)(F)c1cccc(Nc2nc(-c3ccc(Cl)cc3)cs2)c1.[Br-]. The Kier molecular flexibility index (Phi) is 5.90. The number of benzene rings is 2. The Morgan fingerprint density at radius 2 is 1.75 bits per heavy atom. The van der Waals surface area contributed by atoms with E-state index in [1.165, 1.54) is 17.4 Å². The van der Waals surface area contributed by atoms with Crippen molar-refractivity contribution in [1.29, 1.82) is 0 Å². The molecule has 0 fully saturated rings. The van der Waals surface area contributed by atoms with E-state index in [1.54, 1.807) is 18.2 Å². The predicted molar refractivity (Wildman–Crippen MR) is 87.3 cm³/mol. The van der Waals surface area contributed by atoms with Crippen LogP contribution in [0.15, 0.2) is 53.9 Å². The highest BCUT2D eigenvalue weighted by Gasteiger charge is 2.30. The maximum atomic E-state index is 12.7. The van der Waals surface area contributed by atoms with E-state index in [0.29, 0.717) is 15.8 Å². The third-order valence-electron chi connectivity index (χ3n) is 3.09. The van der Waals surface area contributed by atoms with E-state index in [0.717, 1.165) is 23.4 Å². The number of alkyl halides is 3. The van der Waals surface area contributed by atoms with Crippen LogP contribution in [0.4, 0.5) is 24.0 Å². The lowest BCUT2D eigenvalue weighted by Gasteiger charge is -2.08. The van der Waals surface area contributed by atoms with Gasteiger partial charge in [0.2, 0.25) is 0 Å². The summed E-state index contributed by atoms with van der Waals surface area (Å²) in [5.41, 5.74) is 1.28. The zero-order valence-corrected chi connectivity index (χ0v) is 15.1. The van der Waals surface area contributed by atoms with Crippen LogP contribution in [0.5, 0.6) is 0 Å². The van der Waals surface area contributed by atoms with Crippen molar-refractivity contribution in [3.05, 3.63) is 64.5 Å². The topological polar surface area (TPSA) is 24.9 Å². The maximum Gasteiger partial charge on any atom is 0.416 e. The summed E-state index contributed by atoms with van der Waals surface area (Å²) in [5, 5.41) is 5.89. The van der Waals surface area contributed by atoms with E-state index in [2.05, 4.69) is 10.3 Å². The number of hydrogen-bond donors (Lipinski definition) is 1. The van der Waals surface area contributed by atoms with Gasteiger partial charge >= 0.3 is 6.18 Å². The molecule has 8 heteroatoms. The van der Waals surface area contributed by atoms with Crippen LogP contribution < -0.4 is 22.3 Å². The van der Waals surface area contributed by atoms with Crippen LogP contribution in [0, 0.1) is 0 Å². The summed E-state index contributed by atoms with van der Waals surface area (Å²) in [6.45, 7) is 0. The van der Waals surface area contributed by atoms with E-state index in [-0.39, 0.29) is 17.0 Å². The maximum absolute atomic E-state index is 12.7. The first-order valence-corrected chi connectivity index (χ1v) is 7.83. The average Bonchev–Trinajstić information content (AvgIpc) is 2.96. The first kappa shape index (κ1) is 18.8. The van der Waals surface area contributed by atoms with Gasteiger partial charge in [-0.3, -0.25) is 0 Å². The highest BCUT2D eigenvalue weighted by atomic mass is 79.9. The lowest BCUT2D eigenvalue weighted by Crippen LogP contribution is -3.00. The first-order valence-electron chi connectivity index (χ1n) is 6.57. The van der Waals surface area contributed by atoms with Crippen molar-refractivity contribution in [2.24, 2.45) is 0 Å². The molecule has 1 N–H and O–H groups in total. The van der Waals surface area contributed by atoms with Crippen molar-refractivity contribution in [1.82, 2.24) is 4.98 Å². The largest absolute Gasteiger partial charge is 1.00 e. The molecule has 0 saturated heterocycles. The van der Waals surface area contributed by atoms with Crippen molar-refractivity contribution in [3.8, 4) is 11.3 Å². The van der Waals surface area contributed by atoms with Crippen molar-refractivity contribution in [3.63, 3.8) is 0 Å². The molecule has 2 nitrogen and oxygen atoms in total. The van der Waals surface area contributed by atoms with Crippen LogP contribution in [-0.4, -0.2) is 4.98 Å². The lowest BCUT2D eigenvalue weighted by atomic mass is 10.2. The van der Waals surface area contributed by atoms with Crippen molar-refractivity contribution >= 4 is 33.8 Å². The van der Waals surface area contributed by atoms with Gasteiger partial charge in [0.15, 0.2) is 5.13 Å². The van der Waals surface area contributed by atoms with Crippen LogP contribution >= 0.6 is 22.9 Å². The summed E-state index contributed by atoms with van der Waals surface area (Å²) in [6, 6.07) is 12.2. The standard InChI is InChI=1S/C16H10ClF3N2S.BrH/c17-12-6-4-10(5-7-12)14-9-23-15(22-14)21-13-3-1-2-11(8-13)16(18,19)20;/h1-9H,(H,21,22);1H/p-1. The van der Waals surface area contributed by atoms with E-state index < -0.39 is 11.7 Å². The summed E-state index contributed by atoms with van der Waals surface area (Å²) in [6.07, 6.45) is -4.37. The molecule has 1 heterocycles. The van der Waals surface area contributed by atoms with Crippen molar-refractivity contribution < 1.29 is 30.2 Å². The number of nitrogens with one attached hydrogen (secondary N) is 1. The molecule has 24 heavy (non-hydrogen) atoms. The van der Waals surface area contributed by atoms with Gasteiger partial charge in [-0.15, -0.1) is 11.3 Å². The highest BCUT2D eigenvalue weighted by molar-refractivity contribution is 7.14. The molecular formula is C16H10BrClF3N2S-. The van der Waals surface area contributed by atoms with Crippen LogP contribution in [0.1, 0.15) is 5.56 Å². The van der Waals surface area contributed by atoms with Crippen LogP contribution in [-0.2, 0) is 6.18 Å². The minimum absolute atomic E-state index is 0. The molecule has 0 spiro atoms. The van der Waals surface area contributed by atoms with E-state index in [1.807, 2.05) is 17.5 Å². The molecule has 3 rings (SSSR count). The third-order valence-corrected chi connectivity index (χ3v) is 4.10. The predicted octanol–water partition coefficient (Wildman–Crippen LogP) is 3.23. The van der Waals surface area contributed by atoms with Crippen LogP contribution in [0.25, 0.3) is 11.3 Å². The molecule has 2 aromatic carbocycles. The minimum atomic E-state index is -4.37. The van der Waals surface area contributed by atoms with E-state index in [9.17, 15) is 13.2 Å². The van der Waals surface area contributed by atoms with Gasteiger partial charge in [-0.25, -0.2) is 4.98 Å². The van der Waals surface area contributed by atoms with Gasteiger partial charge in [-0.05, 0) is 30.3 Å². The monoisotopic (exact) mass is 433 g/mol. The molecule has 1 aromatic heterocycles. The van der Waals surface area contributed by atoms with Gasteiger partial charge in [-0.2, -0.15) is 13.2 Å². The molecule has 0 radical (unpaired) electrons. The first-order chi connectivity index (χ1) is 10.9. The zero-order chi connectivity index (χ0) is 16.4. The zero-order valence-electron chi connectivity index (χ0n) is 11.9. The van der Waals surface area contributed by atoms with Gasteiger partial charge in [0, 0.05) is 21.7 Å². The quantitative estimate of drug-likeness (QED) is 0.685. The Labute approximate surface area is 156 Å². The number of anilines is 2. The minimum Gasteiger partial charge on any atom is -1.00 e. The number of rotatable bonds is 3. The Balaban J connectivity index is 0.00000208. The summed E-state index contributed by atoms with van der Waals surface area (Å²) >= 11 is 7.16. The highest BCUT2D eigenvalue weighted by Crippen LogP contribution is 2.32. The van der Waals surface area contributed by atoms with E-state index in [4.69, 9.17) is 11.6 Å².